The lowest BCUT2D eigenvalue weighted by molar-refractivity contribution is 0.604. The smallest absolute Gasteiger partial charge is 0.199 e. The van der Waals surface area contributed by atoms with Crippen molar-refractivity contribution >= 4 is 21.4 Å². The van der Waals surface area contributed by atoms with Crippen molar-refractivity contribution in [2.24, 2.45) is 0 Å². The van der Waals surface area contributed by atoms with Crippen molar-refractivity contribution in [2.75, 3.05) is 0 Å². The molecule has 1 aromatic rings. The maximum Gasteiger partial charge on any atom is 0.199 e. The average Bonchev–Trinajstić information content (AvgIpc) is 2.18. The van der Waals surface area contributed by atoms with Crippen molar-refractivity contribution in [1.29, 1.82) is 0 Å². The van der Waals surface area contributed by atoms with Crippen LogP contribution in [-0.2, 0) is 9.84 Å². The van der Waals surface area contributed by atoms with Gasteiger partial charge in [0, 0.05) is 10.9 Å². The van der Waals surface area contributed by atoms with E-state index in [1.807, 2.05) is 6.92 Å². The first-order valence-corrected chi connectivity index (χ1v) is 6.30. The normalized spacial score (nSPS) is 12.7. The Morgan fingerprint density at radius 3 is 2.27 bits per heavy atom. The van der Waals surface area contributed by atoms with Gasteiger partial charge in [0.05, 0.1) is 4.90 Å². The number of rotatable bonds is 3. The first kappa shape index (κ1) is 12.0. The summed E-state index contributed by atoms with van der Waals surface area (Å²) in [4.78, 5) is 0.285. The molecule has 0 aromatic heterocycles. The van der Waals surface area contributed by atoms with Crippen LogP contribution in [0.25, 0.3) is 0 Å². The number of hydrogen-bond donors (Lipinski definition) is 0. The minimum atomic E-state index is -3.34. The molecule has 1 aromatic carbocycles. The van der Waals surface area contributed by atoms with Gasteiger partial charge < -0.3 is 0 Å². The molecule has 0 N–H and O–H groups in total. The van der Waals surface area contributed by atoms with Crippen LogP contribution in [0.15, 0.2) is 52.3 Å². The fraction of sp³-hybridized carbons (Fsp3) is 0.0909. The molecule has 0 heterocycles. The molecular weight excluding hydrogens is 232 g/mol. The summed E-state index contributed by atoms with van der Waals surface area (Å²) in [7, 11) is -3.34. The molecule has 0 saturated heterocycles. The Bertz CT molecular complexity index is 470. The minimum Gasteiger partial charge on any atom is -0.219 e. The molecule has 4 heteroatoms. The van der Waals surface area contributed by atoms with Gasteiger partial charge in [-0.2, -0.15) is 0 Å². The molecule has 0 spiro atoms. The van der Waals surface area contributed by atoms with E-state index in [1.54, 1.807) is 24.3 Å². The lowest BCUT2D eigenvalue weighted by atomic mass is 10.2. The third kappa shape index (κ3) is 3.53. The van der Waals surface area contributed by atoms with Crippen molar-refractivity contribution in [3.63, 3.8) is 0 Å². The Hall–Kier alpha value is -1.06. The summed E-state index contributed by atoms with van der Waals surface area (Å²) in [6, 6.07) is 6.69. The van der Waals surface area contributed by atoms with Crippen LogP contribution < -0.4 is 0 Å². The van der Waals surface area contributed by atoms with E-state index in [0.717, 1.165) is 11.0 Å². The Morgan fingerprint density at radius 2 is 1.73 bits per heavy atom. The lowest BCUT2D eigenvalue weighted by Crippen LogP contribution is -1.95. The van der Waals surface area contributed by atoms with Gasteiger partial charge in [-0.1, -0.05) is 35.4 Å². The predicted octanol–water partition coefficient (Wildman–Crippen LogP) is 3.03. The second kappa shape index (κ2) is 5.14. The van der Waals surface area contributed by atoms with Gasteiger partial charge in [0.2, 0.25) is 0 Å². The van der Waals surface area contributed by atoms with E-state index >= 15 is 0 Å². The third-order valence-electron chi connectivity index (χ3n) is 1.79. The van der Waals surface area contributed by atoms with E-state index in [4.69, 9.17) is 11.6 Å². The van der Waals surface area contributed by atoms with Gasteiger partial charge in [-0.15, -0.1) is 0 Å². The Morgan fingerprint density at radius 1 is 1.13 bits per heavy atom. The number of allylic oxidation sites excluding steroid dienone is 2. The van der Waals surface area contributed by atoms with Crippen LogP contribution in [0.3, 0.4) is 0 Å². The van der Waals surface area contributed by atoms with Crippen LogP contribution in [0, 0.1) is 6.92 Å². The van der Waals surface area contributed by atoms with E-state index in [1.165, 1.54) is 17.7 Å². The minimum absolute atomic E-state index is 0.285. The van der Waals surface area contributed by atoms with E-state index in [2.05, 4.69) is 0 Å². The number of sulfone groups is 1. The number of aryl methyl sites for hydroxylation is 1. The second-order valence-corrected chi connectivity index (χ2v) is 5.09. The van der Waals surface area contributed by atoms with Crippen molar-refractivity contribution in [2.45, 2.75) is 11.8 Å². The van der Waals surface area contributed by atoms with Gasteiger partial charge in [0.1, 0.15) is 0 Å². The molecule has 0 amide bonds. The summed E-state index contributed by atoms with van der Waals surface area (Å²) in [5.74, 6) is 0. The van der Waals surface area contributed by atoms with E-state index in [9.17, 15) is 8.42 Å². The third-order valence-corrected chi connectivity index (χ3v) is 3.38. The molecule has 1 rings (SSSR count). The molecule has 2 nitrogen and oxygen atoms in total. The van der Waals surface area contributed by atoms with Gasteiger partial charge in [-0.3, -0.25) is 0 Å². The van der Waals surface area contributed by atoms with Gasteiger partial charge in [-0.05, 0) is 25.1 Å². The van der Waals surface area contributed by atoms with Gasteiger partial charge >= 0.3 is 0 Å². The molecule has 0 aliphatic rings. The Balaban J connectivity index is 3.01. The molecule has 0 atom stereocenters. The fourth-order valence-electron chi connectivity index (χ4n) is 0.997. The summed E-state index contributed by atoms with van der Waals surface area (Å²) >= 11 is 5.27. The summed E-state index contributed by atoms with van der Waals surface area (Å²) in [6.07, 6.45) is 2.84. The molecule has 0 aliphatic heterocycles. The molecule has 0 fully saturated rings. The second-order valence-electron chi connectivity index (χ2n) is 3.01. The highest BCUT2D eigenvalue weighted by atomic mass is 35.5. The van der Waals surface area contributed by atoms with Crippen molar-refractivity contribution in [3.05, 3.63) is 52.9 Å². The Kier molecular flexibility index (Phi) is 4.12. The first-order valence-electron chi connectivity index (χ1n) is 4.31. The van der Waals surface area contributed by atoms with Crippen LogP contribution >= 0.6 is 11.6 Å². The summed E-state index contributed by atoms with van der Waals surface area (Å²) in [5.41, 5.74) is 2.28. The zero-order valence-electron chi connectivity index (χ0n) is 8.22. The van der Waals surface area contributed by atoms with Crippen LogP contribution in [0.5, 0.6) is 0 Å². The van der Waals surface area contributed by atoms with Crippen LogP contribution in [0.4, 0.5) is 0 Å². The zero-order valence-corrected chi connectivity index (χ0v) is 9.79. The maximum absolute atomic E-state index is 11.7. The summed E-state index contributed by atoms with van der Waals surface area (Å²) in [5, 5.41) is 1.12. The van der Waals surface area contributed by atoms with Crippen LogP contribution in [0.2, 0.25) is 0 Å². The van der Waals surface area contributed by atoms with Gasteiger partial charge in [0.15, 0.2) is 9.84 Å². The quantitative estimate of drug-likeness (QED) is 0.764. The molecule has 15 heavy (non-hydrogen) atoms. The molecule has 0 radical (unpaired) electrons. The number of benzene rings is 1. The van der Waals surface area contributed by atoms with Crippen LogP contribution in [0.1, 0.15) is 5.56 Å². The number of hydrogen-bond acceptors (Lipinski definition) is 2. The highest BCUT2D eigenvalue weighted by Crippen LogP contribution is 2.12. The zero-order chi connectivity index (χ0) is 11.3. The SMILES string of the molecule is Cc1ccc(S(=O)(=O)/C=C/C=C/Cl)cc1. The molecular formula is C11H11ClO2S. The highest BCUT2D eigenvalue weighted by molar-refractivity contribution is 7.94. The van der Waals surface area contributed by atoms with Crippen LogP contribution in [-0.4, -0.2) is 8.42 Å². The Labute approximate surface area is 94.8 Å². The average molecular weight is 243 g/mol. The van der Waals surface area contributed by atoms with E-state index in [0.29, 0.717) is 0 Å². The molecule has 80 valence electrons. The molecule has 0 bridgehead atoms. The predicted molar refractivity (Wildman–Crippen MR) is 62.5 cm³/mol. The topological polar surface area (TPSA) is 34.1 Å². The lowest BCUT2D eigenvalue weighted by Gasteiger charge is -1.98. The first-order chi connectivity index (χ1) is 7.06. The van der Waals surface area contributed by atoms with Crippen molar-refractivity contribution in [1.82, 2.24) is 0 Å². The molecule has 0 unspecified atom stereocenters. The highest BCUT2D eigenvalue weighted by Gasteiger charge is 2.08. The number of halogens is 1. The molecule has 0 saturated carbocycles. The standard InChI is InChI=1S/C11H11ClO2S/c1-10-4-6-11(7-5-10)15(13,14)9-3-2-8-12/h2-9H,1H3/b8-2+,9-3+. The monoisotopic (exact) mass is 242 g/mol. The molecule has 0 aliphatic carbocycles. The largest absolute Gasteiger partial charge is 0.219 e. The maximum atomic E-state index is 11.7. The fourth-order valence-corrected chi connectivity index (χ4v) is 2.05. The van der Waals surface area contributed by atoms with Crippen molar-refractivity contribution in [3.8, 4) is 0 Å². The summed E-state index contributed by atoms with van der Waals surface area (Å²) in [6.45, 7) is 1.91. The van der Waals surface area contributed by atoms with E-state index in [-0.39, 0.29) is 4.90 Å². The summed E-state index contributed by atoms with van der Waals surface area (Å²) < 4.78 is 23.3. The van der Waals surface area contributed by atoms with E-state index < -0.39 is 9.84 Å². The van der Waals surface area contributed by atoms with Crippen molar-refractivity contribution < 1.29 is 8.42 Å². The van der Waals surface area contributed by atoms with Gasteiger partial charge in [-0.25, -0.2) is 8.42 Å². The van der Waals surface area contributed by atoms with Gasteiger partial charge in [0.25, 0.3) is 0 Å².